The van der Waals surface area contributed by atoms with Gasteiger partial charge in [-0.2, -0.15) is 47.5 Å². The van der Waals surface area contributed by atoms with Gasteiger partial charge in [-0.3, -0.25) is 0 Å². The van der Waals surface area contributed by atoms with Crippen molar-refractivity contribution in [3.05, 3.63) is 124 Å². The second-order valence-electron chi connectivity index (χ2n) is 11.6. The fourth-order valence-electron chi connectivity index (χ4n) is 4.11. The van der Waals surface area contributed by atoms with E-state index in [1.54, 1.807) is 9.78 Å². The average molecular weight is 663 g/mol. The fraction of sp³-hybridized carbons (Fsp3) is 0.294. The first-order chi connectivity index (χ1) is 17.7. The number of alkyl halides is 3. The van der Waals surface area contributed by atoms with Crippen molar-refractivity contribution in [2.75, 3.05) is 0 Å². The molecule has 5 rings (SSSR count). The Morgan fingerprint density at radius 1 is 0.750 bits per heavy atom. The largest absolute Gasteiger partial charge is 1.00 e. The summed E-state index contributed by atoms with van der Waals surface area (Å²) in [6, 6.07) is 30.4. The summed E-state index contributed by atoms with van der Waals surface area (Å²) in [5.74, 6) is 0. The number of hydrogen-bond acceptors (Lipinski definition) is 0. The van der Waals surface area contributed by atoms with Crippen LogP contribution < -0.4 is 24.8 Å². The molecule has 0 N–H and O–H groups in total. The molecule has 4 aromatic carbocycles. The van der Waals surface area contributed by atoms with Crippen molar-refractivity contribution >= 4 is 3.71 Å². The van der Waals surface area contributed by atoms with Crippen molar-refractivity contribution in [2.24, 2.45) is 0 Å². The minimum absolute atomic E-state index is 0. The number of halogens is 5. The first-order valence-corrected chi connectivity index (χ1v) is 14.2. The quantitative estimate of drug-likeness (QED) is 0.242. The van der Waals surface area contributed by atoms with Gasteiger partial charge in [0, 0.05) is 0 Å². The van der Waals surface area contributed by atoms with E-state index >= 15 is 0 Å². The van der Waals surface area contributed by atoms with Crippen LogP contribution in [0, 0.1) is 6.07 Å². The van der Waals surface area contributed by atoms with Gasteiger partial charge in [-0.15, -0.1) is 5.56 Å². The normalized spacial score (nSPS) is 11.8. The van der Waals surface area contributed by atoms with E-state index < -0.39 is 11.7 Å². The van der Waals surface area contributed by atoms with Crippen LogP contribution in [0.1, 0.15) is 74.9 Å². The van der Waals surface area contributed by atoms with Gasteiger partial charge in [0.15, 0.2) is 0 Å². The maximum Gasteiger partial charge on any atom is -0.172 e. The Bertz CT molecular complexity index is 1280. The summed E-state index contributed by atoms with van der Waals surface area (Å²) in [4.78, 5) is 0. The van der Waals surface area contributed by atoms with Gasteiger partial charge < -0.3 is 24.8 Å². The first-order valence-electron chi connectivity index (χ1n) is 12.7. The van der Waals surface area contributed by atoms with Crippen molar-refractivity contribution in [3.8, 4) is 11.1 Å². The third-order valence-electron chi connectivity index (χ3n) is 6.46. The molecule has 1 aliphatic rings. The zero-order chi connectivity index (χ0) is 28.1. The molecule has 4 aromatic rings. The Labute approximate surface area is 264 Å². The van der Waals surface area contributed by atoms with Crippen molar-refractivity contribution < 1.29 is 62.2 Å². The Morgan fingerprint density at radius 3 is 1.85 bits per heavy atom. The fourth-order valence-corrected chi connectivity index (χ4v) is 4.55. The Kier molecular flexibility index (Phi) is 13.4. The number of benzene rings is 3. The van der Waals surface area contributed by atoms with E-state index in [-0.39, 0.29) is 35.6 Å². The standard InChI is InChI=1S/C21H25.C8H5F3.C5H5.2ClH.Zr/c1-20(2,3)16-9-7-14-11-15-8-10-17(21(4,5)6)13-19(15)18(14)12-16;1-6-3-2-4-7(5-6)8(9,10)11;1-2-4-5-3-1;;;/h7,9-10,12-13H,11H2,1-6H3;1-5H;1-5H;2*1H;/q-1;;-1;;;+2/p-2. The van der Waals surface area contributed by atoms with Gasteiger partial charge in [0.1, 0.15) is 0 Å². The molecule has 40 heavy (non-hydrogen) atoms. The van der Waals surface area contributed by atoms with Crippen LogP contribution in [0.3, 0.4) is 0 Å². The molecule has 0 heterocycles. The maximum atomic E-state index is 12.1. The van der Waals surface area contributed by atoms with E-state index in [1.807, 2.05) is 30.3 Å². The zero-order valence-electron chi connectivity index (χ0n) is 23.8. The molecule has 0 bridgehead atoms. The second kappa shape index (κ2) is 14.9. The predicted octanol–water partition coefficient (Wildman–Crippen LogP) is 3.47. The van der Waals surface area contributed by atoms with Crippen LogP contribution in [0.4, 0.5) is 13.2 Å². The van der Waals surface area contributed by atoms with Crippen molar-refractivity contribution in [1.82, 2.24) is 0 Å². The number of hydrogen-bond donors (Lipinski definition) is 0. The number of fused-ring (bicyclic) bond motifs is 3. The van der Waals surface area contributed by atoms with Crippen molar-refractivity contribution in [2.45, 2.75) is 65.0 Å². The molecule has 0 saturated heterocycles. The van der Waals surface area contributed by atoms with Crippen LogP contribution in [-0.2, 0) is 47.7 Å². The van der Waals surface area contributed by atoms with Crippen LogP contribution >= 0.6 is 0 Å². The first kappa shape index (κ1) is 36.2. The number of rotatable bonds is 1. The molecule has 0 unspecified atom stereocenters. The molecular formula is C34H35Cl2F3Zr-2. The third kappa shape index (κ3) is 9.90. The topological polar surface area (TPSA) is 0 Å². The smallest absolute Gasteiger partial charge is 0.172 e. The molecule has 0 aliphatic heterocycles. The van der Waals surface area contributed by atoms with Gasteiger partial charge in [-0.25, -0.2) is 12.1 Å². The van der Waals surface area contributed by atoms with Crippen LogP contribution in [0.25, 0.3) is 11.1 Å². The molecule has 0 fully saturated rings. The van der Waals surface area contributed by atoms with Crippen LogP contribution in [-0.4, -0.2) is 3.71 Å². The van der Waals surface area contributed by atoms with Crippen LogP contribution in [0.2, 0.25) is 0 Å². The molecule has 6 heteroatoms. The molecule has 1 aliphatic carbocycles. The molecule has 212 valence electrons. The second-order valence-corrected chi connectivity index (χ2v) is 12.3. The third-order valence-corrected chi connectivity index (χ3v) is 7.28. The van der Waals surface area contributed by atoms with Gasteiger partial charge >= 0.3 is 82.7 Å². The molecule has 0 atom stereocenters. The Morgan fingerprint density at radius 2 is 1.35 bits per heavy atom. The van der Waals surface area contributed by atoms with Gasteiger partial charge in [-0.05, 0) is 17.4 Å². The molecule has 0 radical (unpaired) electrons. The Balaban J connectivity index is 0.000000356. The molecular weight excluding hydrogens is 627 g/mol. The minimum Gasteiger partial charge on any atom is -1.00 e. The van der Waals surface area contributed by atoms with E-state index in [2.05, 4.69) is 77.9 Å². The average Bonchev–Trinajstić information content (AvgIpc) is 3.54. The summed E-state index contributed by atoms with van der Waals surface area (Å²) < 4.78 is 38.0. The monoisotopic (exact) mass is 660 g/mol. The Hall–Kier alpha value is -1.87. The summed E-state index contributed by atoms with van der Waals surface area (Å²) in [6.07, 6.45) is -3.20. The summed E-state index contributed by atoms with van der Waals surface area (Å²) >= 11 is 1.10. The summed E-state index contributed by atoms with van der Waals surface area (Å²) in [5.41, 5.74) is 8.80. The molecule has 0 saturated carbocycles. The van der Waals surface area contributed by atoms with E-state index in [0.717, 1.165) is 42.8 Å². The minimum atomic E-state index is -4.23. The SMILES string of the molecule is CC(C)(C)c1c[c-]c2c(c1)-c1cc(C(C)(C)C)ccc1C2.FC(F)(F)c1cccc([CH]=[Zr+2])c1.[Cl-].[Cl-].c1cc[cH-]c1. The van der Waals surface area contributed by atoms with Gasteiger partial charge in [0.2, 0.25) is 0 Å². The van der Waals surface area contributed by atoms with Gasteiger partial charge in [-0.1, -0.05) is 76.3 Å². The van der Waals surface area contributed by atoms with Crippen LogP contribution in [0.15, 0.2) is 84.9 Å². The molecule has 0 spiro atoms. The molecule has 0 amide bonds. The molecule has 0 aromatic heterocycles. The predicted molar refractivity (Wildman–Crippen MR) is 150 cm³/mol. The summed E-state index contributed by atoms with van der Waals surface area (Å²) in [7, 11) is 0. The van der Waals surface area contributed by atoms with Crippen LogP contribution in [0.5, 0.6) is 0 Å². The van der Waals surface area contributed by atoms with Gasteiger partial charge in [0.05, 0.1) is 0 Å². The van der Waals surface area contributed by atoms with Crippen molar-refractivity contribution in [1.29, 1.82) is 0 Å². The maximum absolute atomic E-state index is 12.1. The molecule has 0 nitrogen and oxygen atoms in total. The van der Waals surface area contributed by atoms with E-state index in [0.29, 0.717) is 5.56 Å². The van der Waals surface area contributed by atoms with E-state index in [4.69, 9.17) is 0 Å². The zero-order valence-corrected chi connectivity index (χ0v) is 27.7. The van der Waals surface area contributed by atoms with Crippen molar-refractivity contribution in [3.63, 3.8) is 0 Å². The summed E-state index contributed by atoms with van der Waals surface area (Å²) in [6.45, 7) is 13.6. The van der Waals surface area contributed by atoms with Gasteiger partial charge in [0.25, 0.3) is 0 Å². The van der Waals surface area contributed by atoms with E-state index in [9.17, 15) is 13.2 Å². The summed E-state index contributed by atoms with van der Waals surface area (Å²) in [5, 5.41) is 0. The van der Waals surface area contributed by atoms with E-state index in [1.165, 1.54) is 39.4 Å².